The van der Waals surface area contributed by atoms with E-state index in [2.05, 4.69) is 15.5 Å². The Hall–Kier alpha value is -2.53. The first kappa shape index (κ1) is 22.2. The highest BCUT2D eigenvalue weighted by atomic mass is 35.5. The quantitative estimate of drug-likeness (QED) is 0.528. The van der Waals surface area contributed by atoms with Crippen LogP contribution in [0.3, 0.4) is 0 Å². The molecule has 1 amide bonds. The average Bonchev–Trinajstić information content (AvgIpc) is 3.21. The minimum Gasteiger partial charge on any atom is -0.355 e. The van der Waals surface area contributed by atoms with Crippen LogP contribution in [0.25, 0.3) is 10.6 Å². The van der Waals surface area contributed by atoms with Crippen LogP contribution >= 0.6 is 22.9 Å². The van der Waals surface area contributed by atoms with Crippen LogP contribution in [-0.4, -0.2) is 49.0 Å². The third-order valence-electron chi connectivity index (χ3n) is 4.19. The number of hydrogen-bond donors (Lipinski definition) is 2. The van der Waals surface area contributed by atoms with E-state index in [-0.39, 0.29) is 16.3 Å². The fraction of sp³-hybridized carbons (Fsp3) is 0.211. The molecule has 2 N–H and O–H groups in total. The number of H-pyrrole nitrogens is 1. The molecular weight excluding hydrogens is 448 g/mol. The SMILES string of the molecule is CN(CC(=O)NCCc1ccc(Cl)cc1)S(=O)(=O)c1ccc(-c2ccc(=O)[nH]n2)s1. The largest absolute Gasteiger partial charge is 0.355 e. The number of nitrogens with zero attached hydrogens (tertiary/aromatic N) is 2. The van der Waals surface area contributed by atoms with Gasteiger partial charge in [0.25, 0.3) is 15.6 Å². The summed E-state index contributed by atoms with van der Waals surface area (Å²) < 4.78 is 26.6. The maximum atomic E-state index is 12.8. The van der Waals surface area contributed by atoms with Crippen molar-refractivity contribution in [1.82, 2.24) is 19.8 Å². The molecule has 30 heavy (non-hydrogen) atoms. The van der Waals surface area contributed by atoms with Crippen LogP contribution in [0.5, 0.6) is 0 Å². The third-order valence-corrected chi connectivity index (χ3v) is 7.82. The van der Waals surface area contributed by atoms with Crippen LogP contribution in [0.15, 0.2) is 57.5 Å². The summed E-state index contributed by atoms with van der Waals surface area (Å²) in [5.41, 5.74) is 1.14. The van der Waals surface area contributed by atoms with Crippen molar-refractivity contribution in [3.8, 4) is 10.6 Å². The zero-order valence-corrected chi connectivity index (χ0v) is 18.4. The summed E-state index contributed by atoms with van der Waals surface area (Å²) in [5, 5.41) is 9.56. The zero-order valence-electron chi connectivity index (χ0n) is 16.0. The Morgan fingerprint density at radius 1 is 1.17 bits per heavy atom. The van der Waals surface area contributed by atoms with Gasteiger partial charge in [-0.3, -0.25) is 9.59 Å². The Morgan fingerprint density at radius 3 is 2.57 bits per heavy atom. The van der Waals surface area contributed by atoms with E-state index in [0.29, 0.717) is 28.6 Å². The minimum absolute atomic E-state index is 0.0852. The lowest BCUT2D eigenvalue weighted by Gasteiger charge is -2.15. The number of hydrogen-bond acceptors (Lipinski definition) is 6. The summed E-state index contributed by atoms with van der Waals surface area (Å²) in [4.78, 5) is 23.9. The lowest BCUT2D eigenvalue weighted by molar-refractivity contribution is -0.121. The first-order valence-corrected chi connectivity index (χ1v) is 11.5. The number of thiophene rings is 1. The molecule has 2 heterocycles. The van der Waals surface area contributed by atoms with E-state index in [4.69, 9.17) is 11.6 Å². The van der Waals surface area contributed by atoms with Crippen LogP contribution in [0.4, 0.5) is 0 Å². The van der Waals surface area contributed by atoms with E-state index in [9.17, 15) is 18.0 Å². The molecule has 11 heteroatoms. The molecule has 0 bridgehead atoms. The second-order valence-electron chi connectivity index (χ2n) is 6.41. The predicted molar refractivity (Wildman–Crippen MR) is 116 cm³/mol. The first-order valence-electron chi connectivity index (χ1n) is 8.89. The molecule has 0 saturated carbocycles. The van der Waals surface area contributed by atoms with E-state index in [1.807, 2.05) is 12.1 Å². The van der Waals surface area contributed by atoms with Gasteiger partial charge in [-0.05, 0) is 42.3 Å². The topological polar surface area (TPSA) is 112 Å². The van der Waals surface area contributed by atoms with E-state index >= 15 is 0 Å². The molecule has 0 saturated heterocycles. The molecule has 158 valence electrons. The van der Waals surface area contributed by atoms with E-state index in [1.165, 1.54) is 25.2 Å². The van der Waals surface area contributed by atoms with E-state index in [0.717, 1.165) is 21.2 Å². The highest BCUT2D eigenvalue weighted by molar-refractivity contribution is 7.91. The van der Waals surface area contributed by atoms with Crippen molar-refractivity contribution in [1.29, 1.82) is 0 Å². The average molecular weight is 467 g/mol. The summed E-state index contributed by atoms with van der Waals surface area (Å²) in [6.45, 7) is 0.0858. The van der Waals surface area contributed by atoms with Gasteiger partial charge in [0, 0.05) is 24.7 Å². The van der Waals surface area contributed by atoms with Gasteiger partial charge in [0.2, 0.25) is 5.91 Å². The van der Waals surface area contributed by atoms with Crippen LogP contribution in [0.1, 0.15) is 5.56 Å². The molecule has 2 aromatic heterocycles. The number of amides is 1. The standard InChI is InChI=1S/C19H19ClN4O4S2/c1-24(12-18(26)21-11-10-13-2-4-14(20)5-3-13)30(27,28)19-9-7-16(29-19)15-6-8-17(25)23-22-15/h2-9H,10-12H2,1H3,(H,21,26)(H,23,25). The number of likely N-dealkylation sites (N-methyl/N-ethyl adjacent to an activating group) is 1. The van der Waals surface area contributed by atoms with Gasteiger partial charge in [0.15, 0.2) is 0 Å². The number of benzene rings is 1. The van der Waals surface area contributed by atoms with Gasteiger partial charge in [0.1, 0.15) is 9.90 Å². The molecule has 1 aromatic carbocycles. The molecule has 3 aromatic rings. The van der Waals surface area contributed by atoms with Crippen molar-refractivity contribution in [3.63, 3.8) is 0 Å². The smallest absolute Gasteiger partial charge is 0.264 e. The van der Waals surface area contributed by atoms with Crippen molar-refractivity contribution in [3.05, 3.63) is 69.5 Å². The molecule has 0 unspecified atom stereocenters. The predicted octanol–water partition coefficient (Wildman–Crippen LogP) is 2.13. The van der Waals surface area contributed by atoms with Crippen LogP contribution in [0.2, 0.25) is 5.02 Å². The van der Waals surface area contributed by atoms with Crippen molar-refractivity contribution in [2.45, 2.75) is 10.6 Å². The Bertz CT molecular complexity index is 1170. The summed E-state index contributed by atoms with van der Waals surface area (Å²) >= 11 is 6.85. The van der Waals surface area contributed by atoms with E-state index < -0.39 is 15.9 Å². The Morgan fingerprint density at radius 2 is 1.90 bits per heavy atom. The van der Waals surface area contributed by atoms with Gasteiger partial charge in [-0.1, -0.05) is 23.7 Å². The van der Waals surface area contributed by atoms with Crippen LogP contribution < -0.4 is 10.9 Å². The second-order valence-corrected chi connectivity index (χ2v) is 10.2. The van der Waals surface area contributed by atoms with Crippen LogP contribution in [-0.2, 0) is 21.2 Å². The first-order chi connectivity index (χ1) is 14.3. The summed E-state index contributed by atoms with van der Waals surface area (Å²) in [7, 11) is -2.48. The van der Waals surface area contributed by atoms with Crippen molar-refractivity contribution in [2.24, 2.45) is 0 Å². The van der Waals surface area contributed by atoms with Crippen LogP contribution in [0, 0.1) is 0 Å². The Kier molecular flexibility index (Phi) is 7.03. The summed E-state index contributed by atoms with van der Waals surface area (Å²) in [6.07, 6.45) is 0.611. The lowest BCUT2D eigenvalue weighted by atomic mass is 10.1. The molecule has 0 aliphatic rings. The molecule has 0 aliphatic heterocycles. The maximum absolute atomic E-state index is 12.8. The van der Waals surface area contributed by atoms with Gasteiger partial charge in [-0.15, -0.1) is 11.3 Å². The summed E-state index contributed by atoms with van der Waals surface area (Å²) in [6, 6.07) is 13.2. The third kappa shape index (κ3) is 5.54. The molecule has 0 atom stereocenters. The molecule has 8 nitrogen and oxygen atoms in total. The molecule has 0 fully saturated rings. The van der Waals surface area contributed by atoms with Crippen molar-refractivity contribution in [2.75, 3.05) is 20.1 Å². The van der Waals surface area contributed by atoms with Gasteiger partial charge >= 0.3 is 0 Å². The molecule has 0 spiro atoms. The highest BCUT2D eigenvalue weighted by Gasteiger charge is 2.25. The number of aromatic nitrogens is 2. The van der Waals surface area contributed by atoms with Gasteiger partial charge in [-0.25, -0.2) is 13.5 Å². The lowest BCUT2D eigenvalue weighted by Crippen LogP contribution is -2.38. The number of rotatable bonds is 8. The fourth-order valence-electron chi connectivity index (χ4n) is 2.57. The number of nitrogens with one attached hydrogen (secondary N) is 2. The monoisotopic (exact) mass is 466 g/mol. The second kappa shape index (κ2) is 9.52. The molecule has 3 rings (SSSR count). The highest BCUT2D eigenvalue weighted by Crippen LogP contribution is 2.30. The normalized spacial score (nSPS) is 11.6. The van der Waals surface area contributed by atoms with E-state index in [1.54, 1.807) is 18.2 Å². The number of aromatic amines is 1. The fourth-order valence-corrected chi connectivity index (χ4v) is 5.31. The minimum atomic E-state index is -3.83. The molecule has 0 radical (unpaired) electrons. The molecular formula is C19H19ClN4O4S2. The van der Waals surface area contributed by atoms with Gasteiger partial charge in [0.05, 0.1) is 11.4 Å². The zero-order chi connectivity index (χ0) is 21.7. The molecule has 0 aliphatic carbocycles. The van der Waals surface area contributed by atoms with Gasteiger partial charge < -0.3 is 5.32 Å². The van der Waals surface area contributed by atoms with Crippen molar-refractivity contribution < 1.29 is 13.2 Å². The Balaban J connectivity index is 1.57. The Labute approximate surface area is 182 Å². The summed E-state index contributed by atoms with van der Waals surface area (Å²) in [5.74, 6) is -0.394. The van der Waals surface area contributed by atoms with Gasteiger partial charge in [-0.2, -0.15) is 9.40 Å². The number of halogens is 1. The maximum Gasteiger partial charge on any atom is 0.264 e. The number of sulfonamides is 1. The number of carbonyl (C=O) groups excluding carboxylic acids is 1. The van der Waals surface area contributed by atoms with Crippen molar-refractivity contribution >= 4 is 38.9 Å². The number of carbonyl (C=O) groups is 1.